The molecule has 0 spiro atoms. The van der Waals surface area contributed by atoms with Crippen molar-refractivity contribution < 1.29 is 18.3 Å². The normalized spacial score (nSPS) is 19.8. The first-order valence-electron chi connectivity index (χ1n) is 7.14. The zero-order valence-electron chi connectivity index (χ0n) is 12.5. The Balaban J connectivity index is 2.22. The van der Waals surface area contributed by atoms with Gasteiger partial charge >= 0.3 is 5.97 Å². The van der Waals surface area contributed by atoms with Crippen molar-refractivity contribution in [3.63, 3.8) is 0 Å². The lowest BCUT2D eigenvalue weighted by atomic mass is 10.2. The van der Waals surface area contributed by atoms with E-state index < -0.39 is 22.0 Å². The third kappa shape index (κ3) is 2.04. The van der Waals surface area contributed by atoms with Gasteiger partial charge in [-0.15, -0.1) is 0 Å². The van der Waals surface area contributed by atoms with Crippen LogP contribution in [0.2, 0.25) is 0 Å². The van der Waals surface area contributed by atoms with E-state index in [0.29, 0.717) is 23.9 Å². The van der Waals surface area contributed by atoms with Crippen LogP contribution < -0.4 is 0 Å². The highest BCUT2D eigenvalue weighted by atomic mass is 32.2. The monoisotopic (exact) mass is 322 g/mol. The topological polar surface area (TPSA) is 79.6 Å². The summed E-state index contributed by atoms with van der Waals surface area (Å²) in [6.07, 6.45) is 0.929. The minimum Gasteiger partial charge on any atom is -0.480 e. The highest BCUT2D eigenvalue weighted by molar-refractivity contribution is 7.89. The van der Waals surface area contributed by atoms with Gasteiger partial charge in [0.1, 0.15) is 10.9 Å². The van der Waals surface area contributed by atoms with E-state index in [2.05, 4.69) is 0 Å². The lowest BCUT2D eigenvalue weighted by molar-refractivity contribution is -0.140. The molecule has 6 nitrogen and oxygen atoms in total. The van der Waals surface area contributed by atoms with Crippen LogP contribution in [0.4, 0.5) is 0 Å². The van der Waals surface area contributed by atoms with Gasteiger partial charge in [0.05, 0.1) is 0 Å². The summed E-state index contributed by atoms with van der Waals surface area (Å²) in [4.78, 5) is 11.6. The molecule has 1 fully saturated rings. The maximum atomic E-state index is 13.0. The Morgan fingerprint density at radius 1 is 1.32 bits per heavy atom. The number of aryl methyl sites for hydroxylation is 1. The summed E-state index contributed by atoms with van der Waals surface area (Å²) in [5.41, 5.74) is 1.45. The number of aromatic nitrogens is 1. The molecule has 0 saturated carbocycles. The maximum absolute atomic E-state index is 13.0. The van der Waals surface area contributed by atoms with Crippen molar-refractivity contribution in [1.29, 1.82) is 0 Å². The van der Waals surface area contributed by atoms with Gasteiger partial charge < -0.3 is 9.67 Å². The van der Waals surface area contributed by atoms with Crippen molar-refractivity contribution in [2.24, 2.45) is 7.05 Å². The van der Waals surface area contributed by atoms with Crippen molar-refractivity contribution in [2.45, 2.75) is 30.7 Å². The summed E-state index contributed by atoms with van der Waals surface area (Å²) >= 11 is 0. The van der Waals surface area contributed by atoms with Gasteiger partial charge in [0.2, 0.25) is 10.0 Å². The van der Waals surface area contributed by atoms with Crippen LogP contribution in [0, 0.1) is 6.92 Å². The van der Waals surface area contributed by atoms with Gasteiger partial charge in [-0.25, -0.2) is 8.42 Å². The fourth-order valence-electron chi connectivity index (χ4n) is 3.20. The van der Waals surface area contributed by atoms with Crippen LogP contribution >= 0.6 is 0 Å². The number of para-hydroxylation sites is 1. The summed E-state index contributed by atoms with van der Waals surface area (Å²) in [5, 5.41) is 9.91. The number of aliphatic carboxylic acids is 1. The third-order valence-electron chi connectivity index (χ3n) is 4.40. The Morgan fingerprint density at radius 2 is 2.00 bits per heavy atom. The van der Waals surface area contributed by atoms with Gasteiger partial charge in [0.15, 0.2) is 0 Å². The van der Waals surface area contributed by atoms with Gasteiger partial charge in [-0.1, -0.05) is 18.2 Å². The molecule has 22 heavy (non-hydrogen) atoms. The molecule has 0 radical (unpaired) electrons. The Kier molecular flexibility index (Phi) is 3.49. The molecule has 1 aliphatic rings. The maximum Gasteiger partial charge on any atom is 0.322 e. The Bertz CT molecular complexity index is 854. The smallest absolute Gasteiger partial charge is 0.322 e. The van der Waals surface area contributed by atoms with Gasteiger partial charge in [-0.2, -0.15) is 4.31 Å². The SMILES string of the molecule is Cc1c(S(=O)(=O)N2CCC[C@@H]2C(=O)O)c2ccccc2n1C. The lowest BCUT2D eigenvalue weighted by Gasteiger charge is -2.21. The van der Waals surface area contributed by atoms with E-state index >= 15 is 0 Å². The molecule has 1 aromatic carbocycles. The quantitative estimate of drug-likeness (QED) is 0.933. The first-order chi connectivity index (χ1) is 10.4. The second-order valence-corrected chi connectivity index (χ2v) is 7.43. The molecule has 0 aliphatic carbocycles. The molecule has 7 heteroatoms. The Labute approximate surface area is 129 Å². The number of nitrogens with zero attached hydrogens (tertiary/aromatic N) is 2. The van der Waals surface area contributed by atoms with Crippen molar-refractivity contribution in [1.82, 2.24) is 8.87 Å². The second kappa shape index (κ2) is 5.10. The minimum absolute atomic E-state index is 0.221. The van der Waals surface area contributed by atoms with E-state index in [0.717, 1.165) is 9.82 Å². The van der Waals surface area contributed by atoms with Crippen LogP contribution in [0.25, 0.3) is 10.9 Å². The van der Waals surface area contributed by atoms with E-state index in [4.69, 9.17) is 0 Å². The van der Waals surface area contributed by atoms with Crippen LogP contribution in [-0.4, -0.2) is 41.0 Å². The number of hydrogen-bond donors (Lipinski definition) is 1. The molecule has 0 amide bonds. The van der Waals surface area contributed by atoms with Crippen LogP contribution in [0.5, 0.6) is 0 Å². The van der Waals surface area contributed by atoms with Crippen LogP contribution in [-0.2, 0) is 21.9 Å². The fraction of sp³-hybridized carbons (Fsp3) is 0.400. The van der Waals surface area contributed by atoms with Crippen molar-refractivity contribution in [2.75, 3.05) is 6.54 Å². The van der Waals surface area contributed by atoms with Gasteiger partial charge in [0.25, 0.3) is 0 Å². The summed E-state index contributed by atoms with van der Waals surface area (Å²) in [6, 6.07) is 6.30. The minimum atomic E-state index is -3.84. The molecule has 1 saturated heterocycles. The first-order valence-corrected chi connectivity index (χ1v) is 8.58. The third-order valence-corrected chi connectivity index (χ3v) is 6.48. The molecule has 1 N–H and O–H groups in total. The number of sulfonamides is 1. The average Bonchev–Trinajstić information content (AvgIpc) is 3.05. The number of carboxylic acid groups (broad SMARTS) is 1. The number of hydrogen-bond acceptors (Lipinski definition) is 3. The van der Waals surface area contributed by atoms with Crippen molar-refractivity contribution >= 4 is 26.9 Å². The predicted octanol–water partition coefficient (Wildman–Crippen LogP) is 1.72. The molecular weight excluding hydrogens is 304 g/mol. The van der Waals surface area contributed by atoms with Gasteiger partial charge in [-0.05, 0) is 25.8 Å². The molecule has 1 aromatic heterocycles. The number of fused-ring (bicyclic) bond motifs is 1. The van der Waals surface area contributed by atoms with E-state index in [1.165, 1.54) is 0 Å². The largest absolute Gasteiger partial charge is 0.480 e. The molecule has 2 heterocycles. The summed E-state index contributed by atoms with van der Waals surface area (Å²) in [7, 11) is -2.02. The highest BCUT2D eigenvalue weighted by Crippen LogP contribution is 2.34. The summed E-state index contributed by atoms with van der Waals surface area (Å²) in [6.45, 7) is 2.00. The molecular formula is C15H18N2O4S. The zero-order valence-corrected chi connectivity index (χ0v) is 13.3. The van der Waals surface area contributed by atoms with Crippen molar-refractivity contribution in [3.8, 4) is 0 Å². The number of carboxylic acids is 1. The first kappa shape index (κ1) is 15.1. The van der Waals surface area contributed by atoms with Gasteiger partial charge in [-0.3, -0.25) is 4.79 Å². The standard InChI is InChI=1S/C15H18N2O4S/c1-10-14(11-6-3-4-7-12(11)16(10)2)22(20,21)17-9-5-8-13(17)15(18)19/h3-4,6-7,13H,5,8-9H2,1-2H3,(H,18,19)/t13-/m1/s1. The lowest BCUT2D eigenvalue weighted by Crippen LogP contribution is -2.40. The van der Waals surface area contributed by atoms with Crippen molar-refractivity contribution in [3.05, 3.63) is 30.0 Å². The van der Waals surface area contributed by atoms with E-state index in [-0.39, 0.29) is 11.4 Å². The zero-order chi connectivity index (χ0) is 16.1. The number of carbonyl (C=O) groups is 1. The molecule has 118 valence electrons. The van der Waals surface area contributed by atoms with Crippen LogP contribution in [0.3, 0.4) is 0 Å². The van der Waals surface area contributed by atoms with E-state index in [1.54, 1.807) is 19.1 Å². The van der Waals surface area contributed by atoms with Gasteiger partial charge in [0, 0.05) is 30.2 Å². The summed E-state index contributed by atoms with van der Waals surface area (Å²) < 4.78 is 29.0. The molecule has 2 aromatic rings. The van der Waals surface area contributed by atoms with E-state index in [9.17, 15) is 18.3 Å². The Hall–Kier alpha value is -1.86. The predicted molar refractivity (Wildman–Crippen MR) is 82.2 cm³/mol. The number of benzene rings is 1. The average molecular weight is 322 g/mol. The summed E-state index contributed by atoms with van der Waals surface area (Å²) in [5.74, 6) is -1.08. The number of rotatable bonds is 3. The second-order valence-electron chi connectivity index (χ2n) is 5.60. The molecule has 0 unspecified atom stereocenters. The highest BCUT2D eigenvalue weighted by Gasteiger charge is 2.41. The molecule has 3 rings (SSSR count). The molecule has 0 bridgehead atoms. The Morgan fingerprint density at radius 3 is 2.68 bits per heavy atom. The van der Waals surface area contributed by atoms with E-state index in [1.807, 2.05) is 23.7 Å². The molecule has 1 atom stereocenters. The fourth-order valence-corrected chi connectivity index (χ4v) is 5.30. The van der Waals surface area contributed by atoms with Crippen LogP contribution in [0.15, 0.2) is 29.2 Å². The van der Waals surface area contributed by atoms with Crippen LogP contribution in [0.1, 0.15) is 18.5 Å². The molecule has 1 aliphatic heterocycles.